The van der Waals surface area contributed by atoms with Gasteiger partial charge >= 0.3 is 0 Å². The van der Waals surface area contributed by atoms with E-state index >= 15 is 0 Å². The Bertz CT molecular complexity index is 1760. The van der Waals surface area contributed by atoms with Crippen molar-refractivity contribution in [3.8, 4) is 11.5 Å². The van der Waals surface area contributed by atoms with Gasteiger partial charge in [0.05, 0.1) is 6.61 Å². The van der Waals surface area contributed by atoms with E-state index in [4.69, 9.17) is 9.47 Å². The molecule has 0 atom stereocenters. The predicted octanol–water partition coefficient (Wildman–Crippen LogP) is 9.46. The molecule has 0 fully saturated rings. The lowest BCUT2D eigenvalue weighted by molar-refractivity contribution is -0.119. The Morgan fingerprint density at radius 2 is 1.45 bits per heavy atom. The molecule has 0 saturated carbocycles. The smallest absolute Gasteiger partial charge is 0.165 e. The number of ether oxygens (including phenoxy) is 2. The van der Waals surface area contributed by atoms with E-state index in [-0.39, 0.29) is 34.8 Å². The first-order valence-electron chi connectivity index (χ1n) is 17.5. The largest absolute Gasteiger partial charge is 0.490 e. The lowest BCUT2D eigenvalue weighted by Gasteiger charge is -2.49. The summed E-state index contributed by atoms with van der Waals surface area (Å²) in [4.78, 5) is 31.2. The molecule has 3 aliphatic rings. The summed E-state index contributed by atoms with van der Waals surface area (Å²) in [5.74, 6) is 0.548. The average molecular weight is 662 g/mol. The van der Waals surface area contributed by atoms with Crippen LogP contribution in [0.15, 0.2) is 102 Å². The van der Waals surface area contributed by atoms with Gasteiger partial charge in [-0.1, -0.05) is 82.3 Å². The Kier molecular flexibility index (Phi) is 9.70. The summed E-state index contributed by atoms with van der Waals surface area (Å²) in [5.41, 5.74) is 6.94. The standard InChI is InChI=1S/C43H48FNO4/c1-7-12-30-21-31(22-37(48-8-2)41(30)49-27-29-15-17-32(44)18-16-29)38-39-33(23-42(3,4)25-35(39)46)45(20-19-28-13-10-9-11-14-28)34-24-43(5,6)26-36(47)40(34)38/h7,9-11,13-18,21-22,38H,1,8,12,19-20,23-27H2,2-6H3. The SMILES string of the molecule is C=CCc1cc(C2C3=C(CC(C)(C)CC3=O)N(CCc3ccccc3)C3=C2C(=O)CC(C)(C)C3)cc(OCC)c1OCc1ccc(F)cc1. The number of ketones is 2. The Balaban J connectivity index is 1.52. The number of hydrogen-bond donors (Lipinski definition) is 0. The summed E-state index contributed by atoms with van der Waals surface area (Å²) in [7, 11) is 0. The van der Waals surface area contributed by atoms with Gasteiger partial charge in [0.25, 0.3) is 0 Å². The monoisotopic (exact) mass is 661 g/mol. The zero-order chi connectivity index (χ0) is 34.9. The van der Waals surface area contributed by atoms with Crippen molar-refractivity contribution in [1.82, 2.24) is 4.90 Å². The number of nitrogens with zero attached hydrogens (tertiary/aromatic N) is 1. The predicted molar refractivity (Wildman–Crippen MR) is 192 cm³/mol. The molecule has 3 aromatic rings. The van der Waals surface area contributed by atoms with Gasteiger partial charge < -0.3 is 14.4 Å². The number of carbonyl (C=O) groups excluding carboxylic acids is 2. The van der Waals surface area contributed by atoms with Gasteiger partial charge in [0.2, 0.25) is 0 Å². The third-order valence-corrected chi connectivity index (χ3v) is 9.94. The molecule has 6 rings (SSSR count). The maximum atomic E-state index is 14.4. The molecule has 49 heavy (non-hydrogen) atoms. The van der Waals surface area contributed by atoms with Gasteiger partial charge in [-0.3, -0.25) is 9.59 Å². The molecule has 0 bridgehead atoms. The van der Waals surface area contributed by atoms with Gasteiger partial charge in [0, 0.05) is 53.4 Å². The summed E-state index contributed by atoms with van der Waals surface area (Å²) in [5, 5.41) is 0. The molecular formula is C43H48FNO4. The van der Waals surface area contributed by atoms with Crippen molar-refractivity contribution in [1.29, 1.82) is 0 Å². The number of rotatable bonds is 11. The zero-order valence-corrected chi connectivity index (χ0v) is 29.5. The molecule has 2 aliphatic carbocycles. The van der Waals surface area contributed by atoms with Crippen LogP contribution in [0, 0.1) is 16.6 Å². The Morgan fingerprint density at radius 3 is 2.02 bits per heavy atom. The molecule has 0 radical (unpaired) electrons. The van der Waals surface area contributed by atoms with Crippen LogP contribution in [0.5, 0.6) is 11.5 Å². The fourth-order valence-corrected chi connectivity index (χ4v) is 7.86. The minimum absolute atomic E-state index is 0.102. The van der Waals surface area contributed by atoms with Gasteiger partial charge in [-0.25, -0.2) is 4.39 Å². The van der Waals surface area contributed by atoms with E-state index in [2.05, 4.69) is 69.5 Å². The van der Waals surface area contributed by atoms with Crippen LogP contribution in [0.1, 0.15) is 88.5 Å². The maximum absolute atomic E-state index is 14.4. The molecule has 0 saturated heterocycles. The van der Waals surface area contributed by atoms with Crippen LogP contribution >= 0.6 is 0 Å². The molecule has 3 aromatic carbocycles. The lowest BCUT2D eigenvalue weighted by Crippen LogP contribution is -2.45. The average Bonchev–Trinajstić information content (AvgIpc) is 3.03. The molecule has 5 nitrogen and oxygen atoms in total. The third kappa shape index (κ3) is 7.29. The minimum atomic E-state index is -0.501. The lowest BCUT2D eigenvalue weighted by atomic mass is 9.63. The van der Waals surface area contributed by atoms with Gasteiger partial charge in [-0.05, 0) is 78.3 Å². The van der Waals surface area contributed by atoms with Crippen LogP contribution in [0.3, 0.4) is 0 Å². The van der Waals surface area contributed by atoms with Crippen LogP contribution in [-0.4, -0.2) is 29.6 Å². The summed E-state index contributed by atoms with van der Waals surface area (Å²) in [6, 6.07) is 20.7. The molecule has 0 aromatic heterocycles. The van der Waals surface area contributed by atoms with Crippen molar-refractivity contribution in [2.24, 2.45) is 10.8 Å². The fraction of sp³-hybridized carbons (Fsp3) is 0.395. The molecular weight excluding hydrogens is 613 g/mol. The first-order valence-corrected chi connectivity index (χ1v) is 17.5. The van der Waals surface area contributed by atoms with Gasteiger partial charge in [-0.2, -0.15) is 0 Å². The highest BCUT2D eigenvalue weighted by Gasteiger charge is 2.49. The second-order valence-corrected chi connectivity index (χ2v) is 15.3. The molecule has 0 amide bonds. The highest BCUT2D eigenvalue weighted by molar-refractivity contribution is 6.07. The molecule has 256 valence electrons. The van der Waals surface area contributed by atoms with Crippen LogP contribution in [-0.2, 0) is 29.0 Å². The normalized spacial score (nSPS) is 18.7. The second kappa shape index (κ2) is 13.8. The minimum Gasteiger partial charge on any atom is -0.490 e. The Hall–Kier alpha value is -4.45. The van der Waals surface area contributed by atoms with E-state index in [9.17, 15) is 14.0 Å². The van der Waals surface area contributed by atoms with E-state index in [1.807, 2.05) is 25.1 Å². The summed E-state index contributed by atoms with van der Waals surface area (Å²) in [6.07, 6.45) is 5.48. The highest BCUT2D eigenvalue weighted by Crippen LogP contribution is 2.55. The molecule has 0 spiro atoms. The molecule has 0 N–H and O–H groups in total. The topological polar surface area (TPSA) is 55.8 Å². The van der Waals surface area contributed by atoms with E-state index < -0.39 is 5.92 Å². The summed E-state index contributed by atoms with van der Waals surface area (Å²) >= 11 is 0. The van der Waals surface area contributed by atoms with Crippen LogP contribution < -0.4 is 9.47 Å². The van der Waals surface area contributed by atoms with Crippen LogP contribution in [0.4, 0.5) is 4.39 Å². The van der Waals surface area contributed by atoms with Crippen LogP contribution in [0.2, 0.25) is 0 Å². The number of Topliss-reactive ketones (excluding diaryl/α,β-unsaturated/α-hetero) is 2. The molecule has 1 heterocycles. The van der Waals surface area contributed by atoms with E-state index in [0.29, 0.717) is 43.9 Å². The molecule has 1 aliphatic heterocycles. The van der Waals surface area contributed by atoms with E-state index in [1.54, 1.807) is 12.1 Å². The number of carbonyl (C=O) groups is 2. The Morgan fingerprint density at radius 1 is 0.837 bits per heavy atom. The van der Waals surface area contributed by atoms with Crippen molar-refractivity contribution in [3.05, 3.63) is 130 Å². The number of allylic oxidation sites excluding steroid dienone is 5. The van der Waals surface area contributed by atoms with Crippen LogP contribution in [0.25, 0.3) is 0 Å². The fourth-order valence-electron chi connectivity index (χ4n) is 7.86. The van der Waals surface area contributed by atoms with Crippen molar-refractivity contribution < 1.29 is 23.5 Å². The van der Waals surface area contributed by atoms with E-state index in [1.165, 1.54) is 17.7 Å². The first-order chi connectivity index (χ1) is 23.4. The van der Waals surface area contributed by atoms with Crippen molar-refractivity contribution >= 4 is 11.6 Å². The molecule has 6 heteroatoms. The number of hydrogen-bond acceptors (Lipinski definition) is 5. The summed E-state index contributed by atoms with van der Waals surface area (Å²) in [6.45, 7) is 15.9. The van der Waals surface area contributed by atoms with Gasteiger partial charge in [0.15, 0.2) is 23.1 Å². The maximum Gasteiger partial charge on any atom is 0.165 e. The van der Waals surface area contributed by atoms with Gasteiger partial charge in [0.1, 0.15) is 12.4 Å². The number of halogens is 1. The zero-order valence-electron chi connectivity index (χ0n) is 29.5. The third-order valence-electron chi connectivity index (χ3n) is 9.94. The molecule has 0 unspecified atom stereocenters. The quantitative estimate of drug-likeness (QED) is 0.192. The van der Waals surface area contributed by atoms with Gasteiger partial charge in [-0.15, -0.1) is 6.58 Å². The van der Waals surface area contributed by atoms with Crippen molar-refractivity contribution in [3.63, 3.8) is 0 Å². The number of benzene rings is 3. The second-order valence-electron chi connectivity index (χ2n) is 15.3. The summed E-state index contributed by atoms with van der Waals surface area (Å²) < 4.78 is 26.2. The highest BCUT2D eigenvalue weighted by atomic mass is 19.1. The Labute approximate surface area is 290 Å². The van der Waals surface area contributed by atoms with Crippen molar-refractivity contribution in [2.45, 2.75) is 85.7 Å². The first kappa shape index (κ1) is 34.4. The van der Waals surface area contributed by atoms with E-state index in [0.717, 1.165) is 58.5 Å². The van der Waals surface area contributed by atoms with Crippen molar-refractivity contribution in [2.75, 3.05) is 13.2 Å².